The van der Waals surface area contributed by atoms with Crippen molar-refractivity contribution in [3.8, 4) is 0 Å². The number of aliphatic hydroxyl groups is 1. The van der Waals surface area contributed by atoms with Gasteiger partial charge in [0.15, 0.2) is 6.10 Å². The SMILES string of the molecule is CCCCCC/C=C\C/C=C\CCCCCCCC(=O)OCC(CO)OC(=O)CCCCCCCCCCCCCC/C=C\C/C=C\C/C=C\CCCCCCC. The number of allylic oxidation sites excluding steroid dienone is 10. The van der Waals surface area contributed by atoms with Crippen molar-refractivity contribution in [3.05, 3.63) is 60.8 Å². The van der Waals surface area contributed by atoms with E-state index in [0.29, 0.717) is 12.8 Å². The first-order chi connectivity index (χ1) is 28.1. The Hall–Kier alpha value is -2.40. The van der Waals surface area contributed by atoms with Gasteiger partial charge in [0.25, 0.3) is 0 Å². The zero-order chi connectivity index (χ0) is 41.4. The molecule has 0 aromatic rings. The Balaban J connectivity index is 3.53. The molecule has 5 heteroatoms. The first kappa shape index (κ1) is 54.6. The van der Waals surface area contributed by atoms with Crippen molar-refractivity contribution in [3.63, 3.8) is 0 Å². The average Bonchev–Trinajstić information content (AvgIpc) is 3.21. The Morgan fingerprint density at radius 3 is 1.07 bits per heavy atom. The number of hydrogen-bond donors (Lipinski definition) is 1. The second-order valence-electron chi connectivity index (χ2n) is 16.2. The smallest absolute Gasteiger partial charge is 0.306 e. The molecule has 0 rings (SSSR count). The summed E-state index contributed by atoms with van der Waals surface area (Å²) >= 11 is 0. The van der Waals surface area contributed by atoms with Crippen LogP contribution in [0.5, 0.6) is 0 Å². The minimum Gasteiger partial charge on any atom is -0.462 e. The third-order valence-corrected chi connectivity index (χ3v) is 10.5. The molecule has 0 saturated heterocycles. The summed E-state index contributed by atoms with van der Waals surface area (Å²) in [6, 6.07) is 0. The van der Waals surface area contributed by atoms with Gasteiger partial charge in [-0.3, -0.25) is 9.59 Å². The van der Waals surface area contributed by atoms with Crippen LogP contribution in [0.15, 0.2) is 60.8 Å². The van der Waals surface area contributed by atoms with Gasteiger partial charge in [-0.15, -0.1) is 0 Å². The summed E-state index contributed by atoms with van der Waals surface area (Å²) in [6.07, 6.45) is 63.0. The molecule has 0 amide bonds. The highest BCUT2D eigenvalue weighted by Gasteiger charge is 2.16. The predicted octanol–water partition coefficient (Wildman–Crippen LogP) is 15.9. The molecule has 1 unspecified atom stereocenters. The van der Waals surface area contributed by atoms with Crippen molar-refractivity contribution in [2.45, 2.75) is 245 Å². The highest BCUT2D eigenvalue weighted by Crippen LogP contribution is 2.14. The fraction of sp³-hybridized carbons (Fsp3) is 0.769. The van der Waals surface area contributed by atoms with Gasteiger partial charge in [0.1, 0.15) is 6.61 Å². The summed E-state index contributed by atoms with van der Waals surface area (Å²) in [5.74, 6) is -0.606. The number of ether oxygens (including phenoxy) is 2. The molecule has 0 fully saturated rings. The van der Waals surface area contributed by atoms with Crippen molar-refractivity contribution in [2.24, 2.45) is 0 Å². The van der Waals surface area contributed by atoms with E-state index in [0.717, 1.165) is 64.2 Å². The molecule has 0 aliphatic carbocycles. The molecule has 57 heavy (non-hydrogen) atoms. The van der Waals surface area contributed by atoms with E-state index in [-0.39, 0.29) is 25.2 Å². The maximum atomic E-state index is 12.2. The molecule has 330 valence electrons. The maximum Gasteiger partial charge on any atom is 0.306 e. The predicted molar refractivity (Wildman–Crippen MR) is 247 cm³/mol. The van der Waals surface area contributed by atoms with Crippen molar-refractivity contribution in [1.82, 2.24) is 0 Å². The Kier molecular flexibility index (Phi) is 46.0. The van der Waals surface area contributed by atoms with Gasteiger partial charge in [-0.1, -0.05) is 203 Å². The van der Waals surface area contributed by atoms with E-state index in [9.17, 15) is 14.7 Å². The number of carbonyl (C=O) groups excluding carboxylic acids is 2. The van der Waals surface area contributed by atoms with Crippen LogP contribution >= 0.6 is 0 Å². The normalized spacial score (nSPS) is 12.7. The van der Waals surface area contributed by atoms with Crippen LogP contribution in [-0.4, -0.2) is 36.4 Å². The molecule has 0 saturated carbocycles. The molecular weight excluding hydrogens is 705 g/mol. The summed E-state index contributed by atoms with van der Waals surface area (Å²) in [5.41, 5.74) is 0. The van der Waals surface area contributed by atoms with Crippen molar-refractivity contribution in [1.29, 1.82) is 0 Å². The number of hydrogen-bond acceptors (Lipinski definition) is 5. The highest BCUT2D eigenvalue weighted by atomic mass is 16.6. The quantitative estimate of drug-likeness (QED) is 0.0378. The minimum absolute atomic E-state index is 0.0746. The first-order valence-electron chi connectivity index (χ1n) is 24.3. The summed E-state index contributed by atoms with van der Waals surface area (Å²) in [7, 11) is 0. The molecule has 0 aliphatic rings. The van der Waals surface area contributed by atoms with Crippen LogP contribution in [0, 0.1) is 0 Å². The van der Waals surface area contributed by atoms with E-state index < -0.39 is 6.10 Å². The lowest BCUT2D eigenvalue weighted by Crippen LogP contribution is -2.28. The molecule has 5 nitrogen and oxygen atoms in total. The zero-order valence-corrected chi connectivity index (χ0v) is 37.6. The van der Waals surface area contributed by atoms with Gasteiger partial charge < -0.3 is 14.6 Å². The van der Waals surface area contributed by atoms with Crippen molar-refractivity contribution in [2.75, 3.05) is 13.2 Å². The van der Waals surface area contributed by atoms with Gasteiger partial charge in [0.05, 0.1) is 6.61 Å². The minimum atomic E-state index is -0.780. The largest absolute Gasteiger partial charge is 0.462 e. The average molecular weight is 797 g/mol. The van der Waals surface area contributed by atoms with Crippen molar-refractivity contribution >= 4 is 11.9 Å². The third-order valence-electron chi connectivity index (χ3n) is 10.5. The number of unbranched alkanes of at least 4 members (excludes halogenated alkanes) is 26. The number of esters is 2. The summed E-state index contributed by atoms with van der Waals surface area (Å²) in [4.78, 5) is 24.4. The molecule has 0 spiro atoms. The van der Waals surface area contributed by atoms with Crippen molar-refractivity contribution < 1.29 is 24.2 Å². The first-order valence-corrected chi connectivity index (χ1v) is 24.3. The van der Waals surface area contributed by atoms with Crippen LogP contribution in [0.1, 0.15) is 239 Å². The van der Waals surface area contributed by atoms with Crippen LogP contribution in [0.4, 0.5) is 0 Å². The molecule has 0 bridgehead atoms. The van der Waals surface area contributed by atoms with E-state index in [2.05, 4.69) is 74.6 Å². The molecule has 0 aliphatic heterocycles. The second kappa shape index (κ2) is 48.0. The van der Waals surface area contributed by atoms with Gasteiger partial charge in [-0.05, 0) is 83.5 Å². The van der Waals surface area contributed by atoms with Gasteiger partial charge in [-0.2, -0.15) is 0 Å². The van der Waals surface area contributed by atoms with Crippen LogP contribution in [0.25, 0.3) is 0 Å². The van der Waals surface area contributed by atoms with E-state index in [1.165, 1.54) is 148 Å². The van der Waals surface area contributed by atoms with E-state index in [1.807, 2.05) is 0 Å². The fourth-order valence-electron chi connectivity index (χ4n) is 6.83. The Morgan fingerprint density at radius 2 is 0.702 bits per heavy atom. The number of aliphatic hydroxyl groups excluding tert-OH is 1. The van der Waals surface area contributed by atoms with Crippen LogP contribution < -0.4 is 0 Å². The Morgan fingerprint density at radius 1 is 0.404 bits per heavy atom. The van der Waals surface area contributed by atoms with Crippen LogP contribution in [0.3, 0.4) is 0 Å². The zero-order valence-electron chi connectivity index (χ0n) is 37.6. The molecule has 0 aromatic heterocycles. The topological polar surface area (TPSA) is 72.8 Å². The second-order valence-corrected chi connectivity index (χ2v) is 16.2. The molecular formula is C52H92O5. The fourth-order valence-corrected chi connectivity index (χ4v) is 6.83. The molecule has 0 aromatic carbocycles. The summed E-state index contributed by atoms with van der Waals surface area (Å²) in [5, 5.41) is 9.60. The van der Waals surface area contributed by atoms with E-state index in [1.54, 1.807) is 0 Å². The van der Waals surface area contributed by atoms with Gasteiger partial charge >= 0.3 is 11.9 Å². The van der Waals surface area contributed by atoms with Crippen LogP contribution in [0.2, 0.25) is 0 Å². The number of rotatable bonds is 44. The summed E-state index contributed by atoms with van der Waals surface area (Å²) in [6.45, 7) is 4.11. The maximum absolute atomic E-state index is 12.2. The highest BCUT2D eigenvalue weighted by molar-refractivity contribution is 5.70. The van der Waals surface area contributed by atoms with Gasteiger partial charge in [0.2, 0.25) is 0 Å². The summed E-state index contributed by atoms with van der Waals surface area (Å²) < 4.78 is 10.6. The molecule has 0 radical (unpaired) electrons. The van der Waals surface area contributed by atoms with Gasteiger partial charge in [0, 0.05) is 12.8 Å². The van der Waals surface area contributed by atoms with E-state index >= 15 is 0 Å². The molecule has 1 atom stereocenters. The molecule has 0 heterocycles. The Labute approximate surface area is 353 Å². The lowest BCUT2D eigenvalue weighted by Gasteiger charge is -2.15. The van der Waals surface area contributed by atoms with Crippen LogP contribution in [-0.2, 0) is 19.1 Å². The monoisotopic (exact) mass is 797 g/mol. The van der Waals surface area contributed by atoms with Gasteiger partial charge in [-0.25, -0.2) is 0 Å². The molecule has 1 N–H and O–H groups in total. The Bertz CT molecular complexity index is 992. The third kappa shape index (κ3) is 46.2. The standard InChI is InChI=1S/C52H92O5/c1-3-5-7-9-11-13-15-17-19-21-22-23-24-25-26-27-28-29-30-31-33-35-37-39-41-43-45-47-52(55)57-50(48-53)49-56-51(54)46-44-42-40-38-36-34-32-20-18-16-14-12-10-8-6-4-2/h14-17,20-22,24-25,32,50,53H,3-13,18-19,23,26-31,33-49H2,1-2H3/b16-14-,17-15-,22-21-,25-24-,32-20-. The lowest BCUT2D eigenvalue weighted by molar-refractivity contribution is -0.161. The lowest BCUT2D eigenvalue weighted by atomic mass is 10.0. The van der Waals surface area contributed by atoms with E-state index in [4.69, 9.17) is 9.47 Å². The number of carbonyl (C=O) groups is 2.